The smallest absolute Gasteiger partial charge is 0.250 e. The summed E-state index contributed by atoms with van der Waals surface area (Å²) in [7, 11) is 0. The van der Waals surface area contributed by atoms with Crippen molar-refractivity contribution in [2.45, 2.75) is 20.3 Å². The maximum atomic E-state index is 12.4. The Kier molecular flexibility index (Phi) is 7.64. The van der Waals surface area contributed by atoms with Crippen LogP contribution in [-0.4, -0.2) is 17.5 Å². The quantitative estimate of drug-likeness (QED) is 0.333. The summed E-state index contributed by atoms with van der Waals surface area (Å²) in [5.41, 5.74) is 2.78. The molecule has 0 fully saturated rings. The normalized spacial score (nSPS) is 11.0. The molecule has 150 valence electrons. The Morgan fingerprint density at radius 3 is 2.55 bits per heavy atom. The number of aromatic nitrogens is 1. The van der Waals surface area contributed by atoms with E-state index in [0.717, 1.165) is 42.8 Å². The van der Waals surface area contributed by atoms with Crippen LogP contribution < -0.4 is 10.1 Å². The van der Waals surface area contributed by atoms with Crippen LogP contribution in [0.2, 0.25) is 0 Å². The van der Waals surface area contributed by atoms with E-state index in [1.807, 2.05) is 49.4 Å². The first kappa shape index (κ1) is 21.7. The van der Waals surface area contributed by atoms with Crippen molar-refractivity contribution in [2.24, 2.45) is 0 Å². The number of benzene rings is 2. The maximum absolute atomic E-state index is 12.4. The molecule has 0 atom stereocenters. The summed E-state index contributed by atoms with van der Waals surface area (Å²) < 4.78 is 7.56. The first-order valence-corrected chi connectivity index (χ1v) is 11.6. The second-order valence-corrected chi connectivity index (χ2v) is 9.00. The third kappa shape index (κ3) is 5.78. The number of nitrogens with zero attached hydrogens (tertiary/aromatic N) is 1. The average molecular weight is 536 g/mol. The van der Waals surface area contributed by atoms with Crippen LogP contribution in [-0.2, 0) is 11.2 Å². The first-order valence-electron chi connectivity index (χ1n) is 9.17. The summed E-state index contributed by atoms with van der Waals surface area (Å²) in [6.07, 6.45) is 4.09. The van der Waals surface area contributed by atoms with Crippen molar-refractivity contribution in [3.63, 3.8) is 0 Å². The van der Waals surface area contributed by atoms with Crippen LogP contribution in [0, 0.1) is 0 Å². The van der Waals surface area contributed by atoms with Crippen molar-refractivity contribution in [3.05, 3.63) is 67.9 Å². The third-order valence-electron chi connectivity index (χ3n) is 4.05. The zero-order valence-electron chi connectivity index (χ0n) is 16.0. The Bertz CT molecular complexity index is 1030. The minimum Gasteiger partial charge on any atom is -0.493 e. The van der Waals surface area contributed by atoms with Crippen molar-refractivity contribution >= 4 is 60.3 Å². The molecule has 2 aromatic carbocycles. The van der Waals surface area contributed by atoms with Crippen LogP contribution >= 0.6 is 43.2 Å². The number of hydrogen-bond donors (Lipinski definition) is 1. The van der Waals surface area contributed by atoms with E-state index in [0.29, 0.717) is 11.7 Å². The molecule has 4 nitrogen and oxygen atoms in total. The standard InChI is InChI=1S/C22H20Br2N2O2S/c1-3-19-21(14-5-8-16(23)9-6-14)26-22(29-19)25-20(27)12-7-15-13-17(24)10-11-18(15)28-4-2/h5-13H,3-4H2,1-2H3,(H,25,26,27)/b12-7+. The summed E-state index contributed by atoms with van der Waals surface area (Å²) in [4.78, 5) is 18.2. The number of amides is 1. The Hall–Kier alpha value is -1.96. The van der Waals surface area contributed by atoms with Crippen LogP contribution in [0.25, 0.3) is 17.3 Å². The topological polar surface area (TPSA) is 51.2 Å². The summed E-state index contributed by atoms with van der Waals surface area (Å²) in [6.45, 7) is 4.58. The highest BCUT2D eigenvalue weighted by Crippen LogP contribution is 2.32. The van der Waals surface area contributed by atoms with Crippen LogP contribution in [0.3, 0.4) is 0 Å². The molecule has 0 aliphatic rings. The summed E-state index contributed by atoms with van der Waals surface area (Å²) >= 11 is 8.41. The van der Waals surface area contributed by atoms with Crippen LogP contribution in [0.1, 0.15) is 24.3 Å². The van der Waals surface area contributed by atoms with Crippen LogP contribution in [0.15, 0.2) is 57.5 Å². The van der Waals surface area contributed by atoms with Gasteiger partial charge < -0.3 is 4.74 Å². The maximum Gasteiger partial charge on any atom is 0.250 e. The van der Waals surface area contributed by atoms with E-state index in [4.69, 9.17) is 4.74 Å². The van der Waals surface area contributed by atoms with Gasteiger partial charge in [0.25, 0.3) is 0 Å². The van der Waals surface area contributed by atoms with Gasteiger partial charge in [-0.25, -0.2) is 4.98 Å². The van der Waals surface area contributed by atoms with Gasteiger partial charge >= 0.3 is 0 Å². The predicted molar refractivity (Wildman–Crippen MR) is 128 cm³/mol. The molecule has 0 aliphatic carbocycles. The molecular weight excluding hydrogens is 516 g/mol. The number of anilines is 1. The van der Waals surface area contributed by atoms with E-state index < -0.39 is 0 Å². The first-order chi connectivity index (χ1) is 14.0. The number of carbonyl (C=O) groups excluding carboxylic acids is 1. The molecule has 0 unspecified atom stereocenters. The lowest BCUT2D eigenvalue weighted by atomic mass is 10.1. The minimum absolute atomic E-state index is 0.230. The van der Waals surface area contributed by atoms with Crippen molar-refractivity contribution in [1.82, 2.24) is 4.98 Å². The van der Waals surface area contributed by atoms with Crippen molar-refractivity contribution in [3.8, 4) is 17.0 Å². The van der Waals surface area contributed by atoms with Gasteiger partial charge in [0.05, 0.1) is 12.3 Å². The molecule has 29 heavy (non-hydrogen) atoms. The fourth-order valence-corrected chi connectivity index (χ4v) is 4.30. The number of hydrogen-bond acceptors (Lipinski definition) is 4. The van der Waals surface area contributed by atoms with Gasteiger partial charge in [0, 0.05) is 31.0 Å². The van der Waals surface area contributed by atoms with Gasteiger partial charge in [-0.15, -0.1) is 11.3 Å². The fourth-order valence-electron chi connectivity index (χ4n) is 2.73. The molecule has 1 amide bonds. The van der Waals surface area contributed by atoms with E-state index in [1.165, 1.54) is 17.4 Å². The molecule has 7 heteroatoms. The fraction of sp³-hybridized carbons (Fsp3) is 0.182. The molecule has 0 radical (unpaired) electrons. The number of nitrogens with one attached hydrogen (secondary N) is 1. The van der Waals surface area contributed by atoms with E-state index in [2.05, 4.69) is 49.1 Å². The monoisotopic (exact) mass is 534 g/mol. The zero-order chi connectivity index (χ0) is 20.8. The number of ether oxygens (including phenoxy) is 1. The highest BCUT2D eigenvalue weighted by atomic mass is 79.9. The average Bonchev–Trinajstić information content (AvgIpc) is 3.11. The van der Waals surface area contributed by atoms with Crippen LogP contribution in [0.4, 0.5) is 5.13 Å². The van der Waals surface area contributed by atoms with E-state index in [-0.39, 0.29) is 5.91 Å². The number of carbonyl (C=O) groups is 1. The van der Waals surface area contributed by atoms with Crippen molar-refractivity contribution < 1.29 is 9.53 Å². The van der Waals surface area contributed by atoms with Crippen molar-refractivity contribution in [2.75, 3.05) is 11.9 Å². The van der Waals surface area contributed by atoms with Gasteiger partial charge in [0.2, 0.25) is 5.91 Å². The van der Waals surface area contributed by atoms with Crippen LogP contribution in [0.5, 0.6) is 5.75 Å². The Balaban J connectivity index is 1.77. The molecule has 3 rings (SSSR count). The molecule has 0 bridgehead atoms. The summed E-state index contributed by atoms with van der Waals surface area (Å²) in [5, 5.41) is 3.47. The predicted octanol–water partition coefficient (Wildman–Crippen LogP) is 6.95. The van der Waals surface area contributed by atoms with Gasteiger partial charge in [0.1, 0.15) is 5.75 Å². The van der Waals surface area contributed by atoms with E-state index >= 15 is 0 Å². The molecule has 0 saturated heterocycles. The summed E-state index contributed by atoms with van der Waals surface area (Å²) in [6, 6.07) is 13.7. The Morgan fingerprint density at radius 2 is 1.86 bits per heavy atom. The van der Waals surface area contributed by atoms with E-state index in [1.54, 1.807) is 6.08 Å². The second-order valence-electron chi connectivity index (χ2n) is 6.09. The number of halogens is 2. The molecule has 1 heterocycles. The Labute approximate surface area is 191 Å². The molecule has 3 aromatic rings. The Morgan fingerprint density at radius 1 is 1.14 bits per heavy atom. The van der Waals surface area contributed by atoms with Crippen molar-refractivity contribution in [1.29, 1.82) is 0 Å². The molecule has 0 spiro atoms. The lowest BCUT2D eigenvalue weighted by molar-refractivity contribution is -0.111. The zero-order valence-corrected chi connectivity index (χ0v) is 20.0. The molecule has 1 N–H and O–H groups in total. The molecular formula is C22H20Br2N2O2S. The van der Waals surface area contributed by atoms with Gasteiger partial charge in [0.15, 0.2) is 5.13 Å². The lowest BCUT2D eigenvalue weighted by Gasteiger charge is -2.07. The minimum atomic E-state index is -0.230. The van der Waals surface area contributed by atoms with Gasteiger partial charge in [-0.3, -0.25) is 10.1 Å². The second kappa shape index (κ2) is 10.2. The molecule has 0 aliphatic heterocycles. The van der Waals surface area contributed by atoms with Gasteiger partial charge in [-0.1, -0.05) is 50.9 Å². The van der Waals surface area contributed by atoms with Gasteiger partial charge in [-0.05, 0) is 49.8 Å². The largest absolute Gasteiger partial charge is 0.493 e. The SMILES string of the molecule is CCOc1ccc(Br)cc1/C=C/C(=O)Nc1nc(-c2ccc(Br)cc2)c(CC)s1. The summed E-state index contributed by atoms with van der Waals surface area (Å²) in [5.74, 6) is 0.506. The third-order valence-corrected chi connectivity index (χ3v) is 6.19. The van der Waals surface area contributed by atoms with E-state index in [9.17, 15) is 4.79 Å². The molecule has 0 saturated carbocycles. The number of aryl methyl sites for hydroxylation is 1. The van der Waals surface area contributed by atoms with Gasteiger partial charge in [-0.2, -0.15) is 0 Å². The highest BCUT2D eigenvalue weighted by Gasteiger charge is 2.13. The number of thiazole rings is 1. The highest BCUT2D eigenvalue weighted by molar-refractivity contribution is 9.10. The lowest BCUT2D eigenvalue weighted by Crippen LogP contribution is -2.07. The number of rotatable bonds is 7. The molecule has 1 aromatic heterocycles.